The maximum atomic E-state index is 13.7. The molecule has 3 aromatic heterocycles. The lowest BCUT2D eigenvalue weighted by Crippen LogP contribution is -2.27. The maximum absolute atomic E-state index is 13.7. The SMILES string of the molecule is C[C@@H]1CCC[C@H](n2cnc(-c3cc(Cl)cc4cnn(C)c34)cc2=O)c2cc(ccn2)-c2ccc(C#N)cc2NC1=O. The van der Waals surface area contributed by atoms with Crippen molar-refractivity contribution >= 4 is 34.1 Å². The predicted octanol–water partition coefficient (Wildman–Crippen LogP) is 5.73. The molecule has 2 atom stereocenters. The van der Waals surface area contributed by atoms with Gasteiger partial charge < -0.3 is 5.32 Å². The van der Waals surface area contributed by atoms with Crippen LogP contribution in [-0.2, 0) is 11.8 Å². The molecule has 0 radical (unpaired) electrons. The van der Waals surface area contributed by atoms with Crippen molar-refractivity contribution < 1.29 is 4.79 Å². The molecule has 0 unspecified atom stereocenters. The summed E-state index contributed by atoms with van der Waals surface area (Å²) in [7, 11) is 1.84. The second-order valence-corrected chi connectivity index (χ2v) is 10.8. The van der Waals surface area contributed by atoms with Gasteiger partial charge in [0, 0.05) is 52.5 Å². The number of aromatic nitrogens is 5. The van der Waals surface area contributed by atoms with Gasteiger partial charge >= 0.3 is 0 Å². The molecule has 204 valence electrons. The quantitative estimate of drug-likeness (QED) is 0.293. The third kappa shape index (κ3) is 4.98. The number of carbonyl (C=O) groups excluding carboxylic acids is 1. The first-order chi connectivity index (χ1) is 19.8. The summed E-state index contributed by atoms with van der Waals surface area (Å²) in [4.78, 5) is 36.0. The van der Waals surface area contributed by atoms with Crippen LogP contribution in [0, 0.1) is 17.2 Å². The average molecular weight is 564 g/mol. The lowest BCUT2D eigenvalue weighted by atomic mass is 9.95. The summed E-state index contributed by atoms with van der Waals surface area (Å²) in [6.45, 7) is 1.88. The highest BCUT2D eigenvalue weighted by molar-refractivity contribution is 6.31. The number of nitriles is 1. The molecule has 9 nitrogen and oxygen atoms in total. The van der Waals surface area contributed by atoms with Crippen LogP contribution in [-0.4, -0.2) is 30.2 Å². The van der Waals surface area contributed by atoms with E-state index < -0.39 is 6.04 Å². The third-order valence-corrected chi connectivity index (χ3v) is 7.87. The largest absolute Gasteiger partial charge is 0.325 e. The van der Waals surface area contributed by atoms with Gasteiger partial charge in [0.2, 0.25) is 5.91 Å². The molecule has 10 heteroatoms. The average Bonchev–Trinajstić information content (AvgIpc) is 3.34. The zero-order valence-electron chi connectivity index (χ0n) is 22.5. The van der Waals surface area contributed by atoms with Crippen LogP contribution < -0.4 is 10.9 Å². The number of nitrogens with zero attached hydrogens (tertiary/aromatic N) is 6. The summed E-state index contributed by atoms with van der Waals surface area (Å²) < 4.78 is 3.35. The van der Waals surface area contributed by atoms with Gasteiger partial charge in [-0.2, -0.15) is 10.4 Å². The van der Waals surface area contributed by atoms with Gasteiger partial charge in [0.15, 0.2) is 0 Å². The molecule has 0 fully saturated rings. The van der Waals surface area contributed by atoms with Crippen molar-refractivity contribution in [3.63, 3.8) is 0 Å². The van der Waals surface area contributed by atoms with Gasteiger partial charge in [-0.25, -0.2) is 4.98 Å². The fourth-order valence-electron chi connectivity index (χ4n) is 5.47. The number of amides is 1. The Morgan fingerprint density at radius 3 is 2.71 bits per heavy atom. The van der Waals surface area contributed by atoms with Crippen LogP contribution in [0.15, 0.2) is 72.0 Å². The van der Waals surface area contributed by atoms with Crippen molar-refractivity contribution in [3.8, 4) is 28.5 Å². The van der Waals surface area contributed by atoms with E-state index in [1.807, 2.05) is 38.2 Å². The molecule has 0 spiro atoms. The van der Waals surface area contributed by atoms with Crippen LogP contribution in [0.3, 0.4) is 0 Å². The number of aryl methyl sites for hydroxylation is 1. The van der Waals surface area contributed by atoms with E-state index in [9.17, 15) is 14.9 Å². The number of carbonyl (C=O) groups is 1. The van der Waals surface area contributed by atoms with Gasteiger partial charge in [0.05, 0.1) is 47.1 Å². The summed E-state index contributed by atoms with van der Waals surface area (Å²) in [6, 6.07) is 15.9. The van der Waals surface area contributed by atoms with Gasteiger partial charge in [-0.3, -0.25) is 23.8 Å². The standard InChI is InChI=1S/C31H26ClN7O2/c1-18-4-3-5-28(27-12-20(8-9-34-27)23-7-6-19(15-33)10-26(23)37-31(18)41)39-17-35-25(14-29(39)40)24-13-22(32)11-21-16-36-38(2)30(21)24/h6-14,16-18,28H,3-5H2,1-2H3,(H,37,41)/t18-,28+/m1/s1. The molecular weight excluding hydrogens is 538 g/mol. The Labute approximate surface area is 241 Å². The second kappa shape index (κ2) is 10.6. The summed E-state index contributed by atoms with van der Waals surface area (Å²) in [5.41, 5.74) is 5.18. The molecule has 1 N–H and O–H groups in total. The van der Waals surface area contributed by atoms with Gasteiger partial charge in [-0.05, 0) is 54.8 Å². The zero-order valence-corrected chi connectivity index (χ0v) is 23.3. The Bertz CT molecular complexity index is 1920. The molecule has 0 saturated carbocycles. The van der Waals surface area contributed by atoms with E-state index in [1.165, 1.54) is 6.07 Å². The van der Waals surface area contributed by atoms with E-state index >= 15 is 0 Å². The number of fused-ring (bicyclic) bond motifs is 5. The predicted molar refractivity (Wildman–Crippen MR) is 157 cm³/mol. The molecule has 1 aliphatic heterocycles. The molecule has 2 aromatic carbocycles. The minimum Gasteiger partial charge on any atom is -0.325 e. The van der Waals surface area contributed by atoms with Crippen LogP contribution in [0.5, 0.6) is 0 Å². The molecule has 6 rings (SSSR count). The first kappa shape index (κ1) is 26.4. The van der Waals surface area contributed by atoms with Gasteiger partial charge in [0.1, 0.15) is 0 Å². The van der Waals surface area contributed by atoms with E-state index in [-0.39, 0.29) is 17.4 Å². The Hall–Kier alpha value is -4.81. The number of hydrogen-bond acceptors (Lipinski definition) is 6. The number of hydrogen-bond donors (Lipinski definition) is 1. The van der Waals surface area contributed by atoms with Crippen molar-refractivity contribution in [2.75, 3.05) is 5.32 Å². The first-order valence-corrected chi connectivity index (χ1v) is 13.7. The summed E-state index contributed by atoms with van der Waals surface area (Å²) in [6.07, 6.45) is 6.90. The number of benzene rings is 2. The highest BCUT2D eigenvalue weighted by Crippen LogP contribution is 2.34. The highest BCUT2D eigenvalue weighted by atomic mass is 35.5. The fourth-order valence-corrected chi connectivity index (χ4v) is 5.70. The highest BCUT2D eigenvalue weighted by Gasteiger charge is 2.23. The van der Waals surface area contributed by atoms with Crippen LogP contribution in [0.2, 0.25) is 5.02 Å². The maximum Gasteiger partial charge on any atom is 0.254 e. The Kier molecular flexibility index (Phi) is 6.85. The summed E-state index contributed by atoms with van der Waals surface area (Å²) >= 11 is 6.37. The molecule has 0 saturated heterocycles. The first-order valence-electron chi connectivity index (χ1n) is 13.3. The van der Waals surface area contributed by atoms with Crippen LogP contribution in [0.25, 0.3) is 33.3 Å². The molecule has 5 aromatic rings. The smallest absolute Gasteiger partial charge is 0.254 e. The summed E-state index contributed by atoms with van der Waals surface area (Å²) in [5, 5.41) is 18.2. The molecule has 4 heterocycles. The molecule has 2 bridgehead atoms. The Morgan fingerprint density at radius 1 is 1.05 bits per heavy atom. The number of rotatable bonds is 2. The molecular formula is C31H26ClN7O2. The van der Waals surface area contributed by atoms with E-state index in [4.69, 9.17) is 11.6 Å². The van der Waals surface area contributed by atoms with Gasteiger partial charge in [-0.15, -0.1) is 0 Å². The van der Waals surface area contributed by atoms with E-state index in [0.29, 0.717) is 46.9 Å². The molecule has 1 amide bonds. The number of nitrogens with one attached hydrogen (secondary N) is 1. The van der Waals surface area contributed by atoms with Crippen molar-refractivity contribution in [1.29, 1.82) is 5.26 Å². The van der Waals surface area contributed by atoms with Crippen molar-refractivity contribution in [2.24, 2.45) is 13.0 Å². The lowest BCUT2D eigenvalue weighted by molar-refractivity contribution is -0.119. The van der Waals surface area contributed by atoms with Crippen molar-refractivity contribution in [3.05, 3.63) is 93.9 Å². The van der Waals surface area contributed by atoms with Gasteiger partial charge in [-0.1, -0.05) is 31.0 Å². The molecule has 0 aliphatic carbocycles. The van der Waals surface area contributed by atoms with Crippen molar-refractivity contribution in [2.45, 2.75) is 32.2 Å². The Morgan fingerprint density at radius 2 is 1.90 bits per heavy atom. The minimum absolute atomic E-state index is 0.112. The van der Waals surface area contributed by atoms with E-state index in [1.54, 1.807) is 46.2 Å². The normalized spacial score (nSPS) is 17.2. The second-order valence-electron chi connectivity index (χ2n) is 10.4. The monoisotopic (exact) mass is 563 g/mol. The van der Waals surface area contributed by atoms with Gasteiger partial charge in [0.25, 0.3) is 5.56 Å². The third-order valence-electron chi connectivity index (χ3n) is 7.65. The molecule has 41 heavy (non-hydrogen) atoms. The topological polar surface area (TPSA) is 118 Å². The van der Waals surface area contributed by atoms with Crippen LogP contribution >= 0.6 is 11.6 Å². The minimum atomic E-state index is -0.392. The zero-order chi connectivity index (χ0) is 28.7. The van der Waals surface area contributed by atoms with E-state index in [0.717, 1.165) is 27.6 Å². The number of pyridine rings is 1. The molecule has 1 aliphatic rings. The van der Waals surface area contributed by atoms with Crippen LogP contribution in [0.1, 0.15) is 43.5 Å². The number of anilines is 1. The Balaban J connectivity index is 1.46. The number of halogens is 1. The van der Waals surface area contributed by atoms with Crippen LogP contribution in [0.4, 0.5) is 5.69 Å². The summed E-state index contributed by atoms with van der Waals surface area (Å²) in [5.74, 6) is -0.375. The van der Waals surface area contributed by atoms with Crippen molar-refractivity contribution in [1.82, 2.24) is 24.3 Å². The fraction of sp³-hybridized carbons (Fsp3) is 0.226. The lowest BCUT2D eigenvalue weighted by Gasteiger charge is -2.23. The van der Waals surface area contributed by atoms with E-state index in [2.05, 4.69) is 26.5 Å².